The summed E-state index contributed by atoms with van der Waals surface area (Å²) in [5, 5.41) is 4.19. The SMILES string of the molecule is CCC1COCCN1Cc1ccc(-c2nc(CCn3cccn3)cc(=O)[nH]2)cc1. The molecule has 0 aliphatic carbocycles. The van der Waals surface area contributed by atoms with Gasteiger partial charge in [0.2, 0.25) is 0 Å². The lowest BCUT2D eigenvalue weighted by atomic mass is 10.1. The van der Waals surface area contributed by atoms with Crippen LogP contribution in [0, 0.1) is 0 Å². The number of nitrogens with zero attached hydrogens (tertiary/aromatic N) is 4. The molecule has 1 aromatic carbocycles. The molecule has 1 N–H and O–H groups in total. The lowest BCUT2D eigenvalue weighted by Gasteiger charge is -2.35. The van der Waals surface area contributed by atoms with Gasteiger partial charge < -0.3 is 9.72 Å². The Morgan fingerprint density at radius 3 is 2.90 bits per heavy atom. The van der Waals surface area contributed by atoms with Gasteiger partial charge in [-0.15, -0.1) is 0 Å². The van der Waals surface area contributed by atoms with E-state index in [9.17, 15) is 4.79 Å². The molecule has 0 spiro atoms. The summed E-state index contributed by atoms with van der Waals surface area (Å²) in [7, 11) is 0. The Morgan fingerprint density at radius 1 is 1.28 bits per heavy atom. The number of rotatable bonds is 7. The molecule has 1 aliphatic heterocycles. The largest absolute Gasteiger partial charge is 0.378 e. The Labute approximate surface area is 170 Å². The molecular weight excluding hydrogens is 366 g/mol. The minimum Gasteiger partial charge on any atom is -0.378 e. The molecule has 4 rings (SSSR count). The highest BCUT2D eigenvalue weighted by Gasteiger charge is 2.21. The third-order valence-electron chi connectivity index (χ3n) is 5.38. The molecule has 2 aromatic heterocycles. The lowest BCUT2D eigenvalue weighted by Crippen LogP contribution is -2.44. The predicted molar refractivity (Wildman–Crippen MR) is 112 cm³/mol. The van der Waals surface area contributed by atoms with Crippen LogP contribution in [0.3, 0.4) is 0 Å². The molecule has 3 heterocycles. The smallest absolute Gasteiger partial charge is 0.251 e. The molecule has 1 unspecified atom stereocenters. The summed E-state index contributed by atoms with van der Waals surface area (Å²) in [6.45, 7) is 6.39. The number of aromatic nitrogens is 4. The maximum atomic E-state index is 12.1. The van der Waals surface area contributed by atoms with Crippen LogP contribution in [0.2, 0.25) is 0 Å². The quantitative estimate of drug-likeness (QED) is 0.667. The van der Waals surface area contributed by atoms with Crippen molar-refractivity contribution in [3.8, 4) is 11.4 Å². The molecule has 152 valence electrons. The van der Waals surface area contributed by atoms with E-state index in [0.717, 1.165) is 44.0 Å². The number of benzene rings is 1. The molecule has 1 fully saturated rings. The summed E-state index contributed by atoms with van der Waals surface area (Å²) < 4.78 is 7.43. The van der Waals surface area contributed by atoms with Gasteiger partial charge in [0.1, 0.15) is 5.82 Å². The number of nitrogens with one attached hydrogen (secondary N) is 1. The van der Waals surface area contributed by atoms with Gasteiger partial charge in [0, 0.05) is 56.1 Å². The van der Waals surface area contributed by atoms with Crippen LogP contribution in [0.4, 0.5) is 0 Å². The van der Waals surface area contributed by atoms with Gasteiger partial charge in [-0.1, -0.05) is 31.2 Å². The van der Waals surface area contributed by atoms with Crippen molar-refractivity contribution in [2.45, 2.75) is 38.9 Å². The molecule has 1 aliphatic rings. The lowest BCUT2D eigenvalue weighted by molar-refractivity contribution is -0.0127. The first-order valence-electron chi connectivity index (χ1n) is 10.2. The van der Waals surface area contributed by atoms with Crippen molar-refractivity contribution in [1.82, 2.24) is 24.6 Å². The van der Waals surface area contributed by atoms with Gasteiger partial charge in [-0.05, 0) is 18.1 Å². The van der Waals surface area contributed by atoms with E-state index in [1.807, 2.05) is 29.1 Å². The molecule has 0 amide bonds. The minimum absolute atomic E-state index is 0.131. The van der Waals surface area contributed by atoms with Crippen LogP contribution < -0.4 is 5.56 Å². The van der Waals surface area contributed by atoms with Gasteiger partial charge in [0.05, 0.1) is 18.9 Å². The summed E-state index contributed by atoms with van der Waals surface area (Å²) in [5.41, 5.74) is 2.81. The minimum atomic E-state index is -0.131. The van der Waals surface area contributed by atoms with Gasteiger partial charge >= 0.3 is 0 Å². The zero-order valence-corrected chi connectivity index (χ0v) is 16.8. The first-order valence-corrected chi connectivity index (χ1v) is 10.2. The second kappa shape index (κ2) is 9.15. The first-order chi connectivity index (χ1) is 14.2. The molecule has 0 radical (unpaired) electrons. The number of aryl methyl sites for hydroxylation is 2. The van der Waals surface area contributed by atoms with E-state index in [2.05, 4.69) is 39.0 Å². The van der Waals surface area contributed by atoms with Gasteiger partial charge in [0.25, 0.3) is 5.56 Å². The van der Waals surface area contributed by atoms with E-state index in [-0.39, 0.29) is 5.56 Å². The average Bonchev–Trinajstić information content (AvgIpc) is 3.27. The summed E-state index contributed by atoms with van der Waals surface area (Å²) >= 11 is 0. The standard InChI is InChI=1S/C22H27N5O2/c1-2-20-16-29-13-12-26(20)15-17-4-6-18(7-5-17)22-24-19(14-21(28)25-22)8-11-27-10-3-9-23-27/h3-7,9-10,14,20H,2,8,11-13,15-16H2,1H3,(H,24,25,28). The molecule has 3 aromatic rings. The Morgan fingerprint density at radius 2 is 2.14 bits per heavy atom. The summed E-state index contributed by atoms with van der Waals surface area (Å²) in [4.78, 5) is 22.1. The van der Waals surface area contributed by atoms with Gasteiger partial charge in [0.15, 0.2) is 0 Å². The van der Waals surface area contributed by atoms with Crippen molar-refractivity contribution in [2.75, 3.05) is 19.8 Å². The summed E-state index contributed by atoms with van der Waals surface area (Å²) in [6.07, 6.45) is 5.41. The van der Waals surface area contributed by atoms with Gasteiger partial charge in [-0.25, -0.2) is 4.98 Å². The Balaban J connectivity index is 1.46. The van der Waals surface area contributed by atoms with Crippen molar-refractivity contribution in [2.24, 2.45) is 0 Å². The molecule has 0 saturated carbocycles. The van der Waals surface area contributed by atoms with E-state index in [0.29, 0.717) is 24.8 Å². The number of morpholine rings is 1. The van der Waals surface area contributed by atoms with Crippen LogP contribution in [0.15, 0.2) is 53.6 Å². The van der Waals surface area contributed by atoms with Crippen molar-refractivity contribution in [3.63, 3.8) is 0 Å². The fourth-order valence-corrected chi connectivity index (χ4v) is 3.71. The monoisotopic (exact) mass is 393 g/mol. The maximum Gasteiger partial charge on any atom is 0.251 e. The first kappa shape index (κ1) is 19.5. The highest BCUT2D eigenvalue weighted by molar-refractivity contribution is 5.55. The van der Waals surface area contributed by atoms with Crippen molar-refractivity contribution in [1.29, 1.82) is 0 Å². The molecule has 29 heavy (non-hydrogen) atoms. The number of aromatic amines is 1. The molecule has 7 nitrogen and oxygen atoms in total. The number of ether oxygens (including phenoxy) is 1. The van der Waals surface area contributed by atoms with Crippen molar-refractivity contribution in [3.05, 3.63) is 70.4 Å². The number of H-pyrrole nitrogens is 1. The highest BCUT2D eigenvalue weighted by Crippen LogP contribution is 2.18. The number of hydrogen-bond donors (Lipinski definition) is 1. The molecular formula is C22H27N5O2. The van der Waals surface area contributed by atoms with E-state index in [4.69, 9.17) is 4.74 Å². The van der Waals surface area contributed by atoms with Gasteiger partial charge in [-0.2, -0.15) is 5.10 Å². The van der Waals surface area contributed by atoms with Crippen LogP contribution in [-0.2, 0) is 24.2 Å². The van der Waals surface area contributed by atoms with Crippen LogP contribution in [0.1, 0.15) is 24.6 Å². The van der Waals surface area contributed by atoms with E-state index in [1.165, 1.54) is 5.56 Å². The van der Waals surface area contributed by atoms with Crippen molar-refractivity contribution >= 4 is 0 Å². The zero-order valence-electron chi connectivity index (χ0n) is 16.8. The fourth-order valence-electron chi connectivity index (χ4n) is 3.71. The third-order valence-corrected chi connectivity index (χ3v) is 5.38. The van der Waals surface area contributed by atoms with Crippen LogP contribution in [0.25, 0.3) is 11.4 Å². The maximum absolute atomic E-state index is 12.1. The normalized spacial score (nSPS) is 17.5. The molecule has 1 atom stereocenters. The molecule has 1 saturated heterocycles. The topological polar surface area (TPSA) is 76.0 Å². The fraction of sp³-hybridized carbons (Fsp3) is 0.409. The summed E-state index contributed by atoms with van der Waals surface area (Å²) in [5.74, 6) is 0.609. The highest BCUT2D eigenvalue weighted by atomic mass is 16.5. The van der Waals surface area contributed by atoms with Crippen LogP contribution in [-0.4, -0.2) is 50.4 Å². The van der Waals surface area contributed by atoms with E-state index < -0.39 is 0 Å². The summed E-state index contributed by atoms with van der Waals surface area (Å²) in [6, 6.07) is 12.2. The number of hydrogen-bond acceptors (Lipinski definition) is 5. The van der Waals surface area contributed by atoms with Crippen LogP contribution >= 0.6 is 0 Å². The van der Waals surface area contributed by atoms with Gasteiger partial charge in [-0.3, -0.25) is 14.4 Å². The zero-order chi connectivity index (χ0) is 20.1. The Bertz CT molecular complexity index is 966. The van der Waals surface area contributed by atoms with Crippen LogP contribution in [0.5, 0.6) is 0 Å². The third kappa shape index (κ3) is 4.99. The second-order valence-corrected chi connectivity index (χ2v) is 7.41. The second-order valence-electron chi connectivity index (χ2n) is 7.41. The van der Waals surface area contributed by atoms with E-state index >= 15 is 0 Å². The molecule has 7 heteroatoms. The predicted octanol–water partition coefficient (Wildman–Crippen LogP) is 2.49. The molecule has 0 bridgehead atoms. The van der Waals surface area contributed by atoms with Crippen molar-refractivity contribution < 1.29 is 4.74 Å². The average molecular weight is 393 g/mol. The Hall–Kier alpha value is -2.77. The Kier molecular flexibility index (Phi) is 6.17. The van der Waals surface area contributed by atoms with E-state index in [1.54, 1.807) is 12.3 Å².